The molecule has 1 saturated carbocycles. The molecule has 50 heavy (non-hydrogen) atoms. The summed E-state index contributed by atoms with van der Waals surface area (Å²) in [7, 11) is 0. The Labute approximate surface area is 305 Å². The zero-order valence-electron chi connectivity index (χ0n) is 29.3. The number of carboxylic acid groups (broad SMARTS) is 1. The maximum atomic E-state index is 14.0. The highest BCUT2D eigenvalue weighted by atomic mass is 35.5. The molecule has 2 N–H and O–H groups in total. The third-order valence-electron chi connectivity index (χ3n) is 9.64. The Morgan fingerprint density at radius 3 is 2.28 bits per heavy atom. The minimum atomic E-state index is -0.958. The summed E-state index contributed by atoms with van der Waals surface area (Å²) >= 11 is 12.9. The van der Waals surface area contributed by atoms with Crippen molar-refractivity contribution in [3.63, 3.8) is 0 Å². The average Bonchev–Trinajstić information content (AvgIpc) is 3.51. The summed E-state index contributed by atoms with van der Waals surface area (Å²) in [4.78, 5) is 30.2. The summed E-state index contributed by atoms with van der Waals surface area (Å²) in [5.74, 6) is 1.14. The van der Waals surface area contributed by atoms with E-state index in [1.54, 1.807) is 36.4 Å². The van der Waals surface area contributed by atoms with Crippen LogP contribution in [0, 0.1) is 17.3 Å². The van der Waals surface area contributed by atoms with Crippen LogP contribution in [0.3, 0.4) is 0 Å². The van der Waals surface area contributed by atoms with Crippen molar-refractivity contribution in [3.05, 3.63) is 118 Å². The summed E-state index contributed by atoms with van der Waals surface area (Å²) < 4.78 is 8.09. The largest absolute Gasteiger partial charge is 0.489 e. The average molecular weight is 717 g/mol. The van der Waals surface area contributed by atoms with E-state index in [0.717, 1.165) is 60.3 Å². The monoisotopic (exact) mass is 715 g/mol. The van der Waals surface area contributed by atoms with Crippen molar-refractivity contribution in [2.75, 3.05) is 0 Å². The molecule has 1 amide bonds. The lowest BCUT2D eigenvalue weighted by atomic mass is 9.69. The first kappa shape index (κ1) is 37.2. The first-order valence-corrected chi connectivity index (χ1v) is 18.2. The van der Waals surface area contributed by atoms with Crippen LogP contribution in [0.25, 0.3) is 11.3 Å². The van der Waals surface area contributed by atoms with E-state index in [1.807, 2.05) is 36.5 Å². The lowest BCUT2D eigenvalue weighted by Gasteiger charge is -2.36. The lowest BCUT2D eigenvalue weighted by molar-refractivity contribution is -0.127. The number of benzene rings is 3. The van der Waals surface area contributed by atoms with Gasteiger partial charge >= 0.3 is 5.97 Å². The van der Waals surface area contributed by atoms with Gasteiger partial charge in [0.15, 0.2) is 0 Å². The highest BCUT2D eigenvalue weighted by molar-refractivity contribution is 6.36. The second kappa shape index (κ2) is 16.8. The summed E-state index contributed by atoms with van der Waals surface area (Å²) in [6.07, 6.45) is 11.5. The van der Waals surface area contributed by atoms with E-state index >= 15 is 0 Å². The molecule has 1 fully saturated rings. The third kappa shape index (κ3) is 9.79. The molecule has 1 aromatic heterocycles. The number of halogens is 2. The number of ether oxygens (including phenoxy) is 1. The number of carboxylic acids is 1. The molecule has 0 radical (unpaired) electrons. The zero-order valence-corrected chi connectivity index (χ0v) is 30.8. The standard InChI is InChI=1S/C41H47Cl2N3O4/c1-5-6-7-22-46-25-37(34-21-18-32(42)24-35(34)43)44-38(46)36(45-39(47)29-14-16-31(17-15-29)41(2,3)4)23-27-10-19-33(20-11-27)50-26-28-8-12-30(13-9-28)40(48)49/h6-13,18-21,24-25,29,31,36H,5,14-17,22-23,26H2,1-4H3,(H,45,47)(H,48,49)/t29?,31?,36-/m0/s1. The van der Waals surface area contributed by atoms with E-state index in [-0.39, 0.29) is 22.8 Å². The van der Waals surface area contributed by atoms with Crippen LogP contribution in [0.1, 0.15) is 93.2 Å². The van der Waals surface area contributed by atoms with Gasteiger partial charge in [-0.2, -0.15) is 0 Å². The number of carbonyl (C=O) groups excluding carboxylic acids is 1. The second-order valence-corrected chi connectivity index (χ2v) is 15.1. The molecule has 1 atom stereocenters. The van der Waals surface area contributed by atoms with Crippen LogP contribution in [0.5, 0.6) is 5.75 Å². The number of hydrogen-bond acceptors (Lipinski definition) is 4. The van der Waals surface area contributed by atoms with Crippen molar-refractivity contribution in [3.8, 4) is 17.0 Å². The number of amides is 1. The molecule has 0 bridgehead atoms. The first-order valence-electron chi connectivity index (χ1n) is 17.4. The number of allylic oxidation sites excluding steroid dienone is 2. The van der Waals surface area contributed by atoms with Crippen molar-refractivity contribution in [1.82, 2.24) is 14.9 Å². The van der Waals surface area contributed by atoms with Crippen LogP contribution in [-0.4, -0.2) is 26.5 Å². The van der Waals surface area contributed by atoms with Crippen LogP contribution in [0.15, 0.2) is 85.1 Å². The van der Waals surface area contributed by atoms with Gasteiger partial charge in [0.25, 0.3) is 0 Å². The number of hydrogen-bond donors (Lipinski definition) is 2. The maximum Gasteiger partial charge on any atom is 0.335 e. The Bertz CT molecular complexity index is 1780. The third-order valence-corrected chi connectivity index (χ3v) is 10.2. The predicted octanol–water partition coefficient (Wildman–Crippen LogP) is 10.4. The van der Waals surface area contributed by atoms with Crippen LogP contribution < -0.4 is 10.1 Å². The molecule has 5 rings (SSSR count). The molecular formula is C41H47Cl2N3O4. The first-order chi connectivity index (χ1) is 23.9. The molecule has 3 aromatic carbocycles. The number of aromatic carboxylic acids is 1. The van der Waals surface area contributed by atoms with Gasteiger partial charge in [-0.3, -0.25) is 4.79 Å². The van der Waals surface area contributed by atoms with Gasteiger partial charge in [0, 0.05) is 29.2 Å². The highest BCUT2D eigenvalue weighted by Crippen LogP contribution is 2.40. The van der Waals surface area contributed by atoms with Gasteiger partial charge in [-0.15, -0.1) is 0 Å². The van der Waals surface area contributed by atoms with E-state index in [9.17, 15) is 9.59 Å². The summed E-state index contributed by atoms with van der Waals surface area (Å²) in [5.41, 5.74) is 3.87. The smallest absolute Gasteiger partial charge is 0.335 e. The Morgan fingerprint density at radius 1 is 0.980 bits per heavy atom. The molecule has 0 saturated heterocycles. The fraction of sp³-hybridized carbons (Fsp3) is 0.390. The number of imidazole rings is 1. The van der Waals surface area contributed by atoms with Gasteiger partial charge in [0.1, 0.15) is 18.2 Å². The maximum absolute atomic E-state index is 14.0. The van der Waals surface area contributed by atoms with Crippen LogP contribution in [0.2, 0.25) is 10.0 Å². The van der Waals surface area contributed by atoms with Crippen LogP contribution >= 0.6 is 23.2 Å². The topological polar surface area (TPSA) is 93.5 Å². The Hall–Kier alpha value is -4.07. The molecular weight excluding hydrogens is 669 g/mol. The van der Waals surface area contributed by atoms with E-state index in [2.05, 4.69) is 49.7 Å². The van der Waals surface area contributed by atoms with Crippen LogP contribution in [0.4, 0.5) is 0 Å². The fourth-order valence-corrected chi connectivity index (χ4v) is 7.13. The summed E-state index contributed by atoms with van der Waals surface area (Å²) in [5, 5.41) is 13.7. The van der Waals surface area contributed by atoms with Gasteiger partial charge in [0.05, 0.1) is 22.3 Å². The van der Waals surface area contributed by atoms with Crippen LogP contribution in [-0.2, 0) is 24.4 Å². The van der Waals surface area contributed by atoms with Gasteiger partial charge in [-0.05, 0) is 103 Å². The summed E-state index contributed by atoms with van der Waals surface area (Å²) in [6, 6.07) is 19.5. The molecule has 1 aliphatic carbocycles. The number of rotatable bonds is 13. The molecule has 0 spiro atoms. The molecule has 1 heterocycles. The Kier molecular flexibility index (Phi) is 12.5. The van der Waals surface area contributed by atoms with Gasteiger partial charge in [-0.1, -0.05) is 87.3 Å². The quantitative estimate of drug-likeness (QED) is 0.134. The minimum Gasteiger partial charge on any atom is -0.489 e. The number of aromatic nitrogens is 2. The van der Waals surface area contributed by atoms with Crippen molar-refractivity contribution in [2.45, 2.75) is 85.4 Å². The zero-order chi connectivity index (χ0) is 35.8. The molecule has 1 aliphatic rings. The van der Waals surface area contributed by atoms with E-state index < -0.39 is 12.0 Å². The molecule has 0 unspecified atom stereocenters. The number of nitrogens with one attached hydrogen (secondary N) is 1. The number of carbonyl (C=O) groups is 2. The SMILES string of the molecule is CCC=CCn1cc(-c2ccc(Cl)cc2Cl)nc1[C@H](Cc1ccc(OCc2ccc(C(=O)O)cc2)cc1)NC(=O)C1CCC(C(C)(C)C)CC1. The normalized spacial score (nSPS) is 17.1. The molecule has 7 nitrogen and oxygen atoms in total. The van der Waals surface area contributed by atoms with Crippen molar-refractivity contribution in [1.29, 1.82) is 0 Å². The second-order valence-electron chi connectivity index (χ2n) is 14.3. The van der Waals surface area contributed by atoms with Crippen molar-refractivity contribution < 1.29 is 19.4 Å². The fourth-order valence-electron chi connectivity index (χ4n) is 6.62. The van der Waals surface area contributed by atoms with Crippen molar-refractivity contribution >= 4 is 35.1 Å². The molecule has 9 heteroatoms. The Morgan fingerprint density at radius 2 is 1.66 bits per heavy atom. The van der Waals surface area contributed by atoms with Gasteiger partial charge < -0.3 is 19.7 Å². The Balaban J connectivity index is 1.40. The van der Waals surface area contributed by atoms with Crippen molar-refractivity contribution in [2.24, 2.45) is 17.3 Å². The molecule has 4 aromatic rings. The molecule has 264 valence electrons. The highest BCUT2D eigenvalue weighted by Gasteiger charge is 2.34. The number of nitrogens with zero attached hydrogens (tertiary/aromatic N) is 2. The minimum absolute atomic E-state index is 0.0370. The molecule has 0 aliphatic heterocycles. The predicted molar refractivity (Wildman–Crippen MR) is 201 cm³/mol. The van der Waals surface area contributed by atoms with E-state index in [0.29, 0.717) is 41.3 Å². The van der Waals surface area contributed by atoms with Gasteiger partial charge in [-0.25, -0.2) is 9.78 Å². The lowest BCUT2D eigenvalue weighted by Crippen LogP contribution is -2.38. The summed E-state index contributed by atoms with van der Waals surface area (Å²) in [6.45, 7) is 9.89. The van der Waals surface area contributed by atoms with E-state index in [1.165, 1.54) is 0 Å². The van der Waals surface area contributed by atoms with E-state index in [4.69, 9.17) is 38.0 Å². The van der Waals surface area contributed by atoms with Gasteiger partial charge in [0.2, 0.25) is 5.91 Å².